The number of carbonyl (C=O) groups excluding carboxylic acids is 1. The van der Waals surface area contributed by atoms with Crippen LogP contribution in [0.25, 0.3) is 0 Å². The Bertz CT molecular complexity index is 379. The van der Waals surface area contributed by atoms with Gasteiger partial charge in [-0.25, -0.2) is 4.98 Å². The summed E-state index contributed by atoms with van der Waals surface area (Å²) < 4.78 is 0. The lowest BCUT2D eigenvalue weighted by Gasteiger charge is -2.10. The van der Waals surface area contributed by atoms with E-state index in [9.17, 15) is 4.79 Å². The molecule has 3 N–H and O–H groups in total. The lowest BCUT2D eigenvalue weighted by Crippen LogP contribution is -2.38. The molecular formula is C10H12N4O. The number of nitriles is 1. The Morgan fingerprint density at radius 3 is 2.93 bits per heavy atom. The first kappa shape index (κ1) is 11.1. The molecule has 0 spiro atoms. The fourth-order valence-electron chi connectivity index (χ4n) is 0.951. The van der Waals surface area contributed by atoms with Gasteiger partial charge in [0.25, 0.3) is 5.91 Å². The lowest BCUT2D eigenvalue weighted by atomic mass is 10.2. The SMILES string of the molecule is CC(CN)NC(=O)c1ccc(C#N)cn1. The van der Waals surface area contributed by atoms with E-state index in [0.29, 0.717) is 12.1 Å². The number of pyridine rings is 1. The molecule has 5 heteroatoms. The summed E-state index contributed by atoms with van der Waals surface area (Å²) in [7, 11) is 0. The van der Waals surface area contributed by atoms with Gasteiger partial charge in [-0.2, -0.15) is 5.26 Å². The second kappa shape index (κ2) is 5.08. The fourth-order valence-corrected chi connectivity index (χ4v) is 0.951. The van der Waals surface area contributed by atoms with E-state index < -0.39 is 0 Å². The second-order valence-electron chi connectivity index (χ2n) is 3.15. The highest BCUT2D eigenvalue weighted by atomic mass is 16.1. The highest BCUT2D eigenvalue weighted by Gasteiger charge is 2.09. The quantitative estimate of drug-likeness (QED) is 0.726. The smallest absolute Gasteiger partial charge is 0.270 e. The highest BCUT2D eigenvalue weighted by molar-refractivity contribution is 5.92. The molecule has 1 atom stereocenters. The molecule has 0 fully saturated rings. The number of carbonyl (C=O) groups is 1. The zero-order valence-corrected chi connectivity index (χ0v) is 8.40. The topological polar surface area (TPSA) is 91.8 Å². The first-order valence-electron chi connectivity index (χ1n) is 4.54. The molecular weight excluding hydrogens is 192 g/mol. The van der Waals surface area contributed by atoms with Crippen LogP contribution in [0, 0.1) is 11.3 Å². The Morgan fingerprint density at radius 1 is 1.73 bits per heavy atom. The van der Waals surface area contributed by atoms with E-state index in [0.717, 1.165) is 0 Å². The molecule has 0 bridgehead atoms. The molecule has 0 aliphatic heterocycles. The van der Waals surface area contributed by atoms with Crippen molar-refractivity contribution in [1.29, 1.82) is 5.26 Å². The number of hydrogen-bond acceptors (Lipinski definition) is 4. The van der Waals surface area contributed by atoms with E-state index in [1.165, 1.54) is 12.3 Å². The summed E-state index contributed by atoms with van der Waals surface area (Å²) in [6.45, 7) is 2.18. The third-order valence-electron chi connectivity index (χ3n) is 1.86. The largest absolute Gasteiger partial charge is 0.347 e. The predicted molar refractivity (Wildman–Crippen MR) is 54.9 cm³/mol. The Morgan fingerprint density at radius 2 is 2.47 bits per heavy atom. The molecule has 15 heavy (non-hydrogen) atoms. The van der Waals surface area contributed by atoms with Crippen molar-refractivity contribution >= 4 is 5.91 Å². The van der Waals surface area contributed by atoms with Crippen molar-refractivity contribution in [3.05, 3.63) is 29.6 Å². The van der Waals surface area contributed by atoms with Gasteiger partial charge in [-0.3, -0.25) is 4.79 Å². The molecule has 78 valence electrons. The van der Waals surface area contributed by atoms with Crippen LogP contribution in [0.15, 0.2) is 18.3 Å². The Hall–Kier alpha value is -1.93. The van der Waals surface area contributed by atoms with Gasteiger partial charge in [0.05, 0.1) is 5.56 Å². The van der Waals surface area contributed by atoms with Gasteiger partial charge in [0.2, 0.25) is 0 Å². The zero-order valence-electron chi connectivity index (χ0n) is 8.40. The van der Waals surface area contributed by atoms with Crippen LogP contribution in [0.3, 0.4) is 0 Å². The van der Waals surface area contributed by atoms with E-state index in [1.54, 1.807) is 6.07 Å². The summed E-state index contributed by atoms with van der Waals surface area (Å²) in [4.78, 5) is 15.4. The molecule has 0 radical (unpaired) electrons. The van der Waals surface area contributed by atoms with Crippen molar-refractivity contribution in [2.75, 3.05) is 6.54 Å². The van der Waals surface area contributed by atoms with Gasteiger partial charge in [-0.1, -0.05) is 0 Å². The van der Waals surface area contributed by atoms with Crippen LogP contribution < -0.4 is 11.1 Å². The average Bonchev–Trinajstić information content (AvgIpc) is 2.29. The van der Waals surface area contributed by atoms with Gasteiger partial charge in [-0.15, -0.1) is 0 Å². The fraction of sp³-hybridized carbons (Fsp3) is 0.300. The summed E-state index contributed by atoms with van der Waals surface area (Å²) in [5.41, 5.74) is 6.08. The summed E-state index contributed by atoms with van der Waals surface area (Å²) >= 11 is 0. The van der Waals surface area contributed by atoms with Crippen LogP contribution in [-0.4, -0.2) is 23.5 Å². The minimum absolute atomic E-state index is 0.0880. The van der Waals surface area contributed by atoms with Crippen molar-refractivity contribution in [3.63, 3.8) is 0 Å². The standard InChI is InChI=1S/C10H12N4O/c1-7(4-11)14-10(15)9-3-2-8(5-12)6-13-9/h2-3,6-7H,4,11H2,1H3,(H,14,15). The van der Waals surface area contributed by atoms with Crippen LogP contribution in [0.1, 0.15) is 23.0 Å². The van der Waals surface area contributed by atoms with Gasteiger partial charge >= 0.3 is 0 Å². The number of nitrogens with two attached hydrogens (primary N) is 1. The summed E-state index contributed by atoms with van der Waals surface area (Å²) in [6, 6.07) is 4.90. The van der Waals surface area contributed by atoms with Gasteiger partial charge < -0.3 is 11.1 Å². The van der Waals surface area contributed by atoms with Gasteiger partial charge in [0, 0.05) is 18.8 Å². The Labute approximate surface area is 87.9 Å². The molecule has 1 amide bonds. The maximum Gasteiger partial charge on any atom is 0.270 e. The van der Waals surface area contributed by atoms with Crippen molar-refractivity contribution in [1.82, 2.24) is 10.3 Å². The summed E-state index contributed by atoms with van der Waals surface area (Å²) in [6.07, 6.45) is 1.36. The third-order valence-corrected chi connectivity index (χ3v) is 1.86. The first-order valence-corrected chi connectivity index (χ1v) is 4.54. The number of rotatable bonds is 3. The monoisotopic (exact) mass is 204 g/mol. The van der Waals surface area contributed by atoms with Crippen LogP contribution in [0.5, 0.6) is 0 Å². The molecule has 0 aromatic carbocycles. The predicted octanol–water partition coefficient (Wildman–Crippen LogP) is 0.0303. The van der Waals surface area contributed by atoms with Crippen LogP contribution in [-0.2, 0) is 0 Å². The normalized spacial score (nSPS) is 11.5. The van der Waals surface area contributed by atoms with Gasteiger partial charge in [0.1, 0.15) is 11.8 Å². The van der Waals surface area contributed by atoms with E-state index in [2.05, 4.69) is 10.3 Å². The molecule has 0 aliphatic rings. The Balaban J connectivity index is 2.71. The zero-order chi connectivity index (χ0) is 11.3. The number of aromatic nitrogens is 1. The molecule has 5 nitrogen and oxygen atoms in total. The molecule has 1 unspecified atom stereocenters. The number of nitrogens with one attached hydrogen (secondary N) is 1. The van der Waals surface area contributed by atoms with E-state index in [-0.39, 0.29) is 17.6 Å². The van der Waals surface area contributed by atoms with Crippen LogP contribution >= 0.6 is 0 Å². The molecule has 0 saturated carbocycles. The van der Waals surface area contributed by atoms with Gasteiger partial charge in [0.15, 0.2) is 0 Å². The molecule has 1 aromatic heterocycles. The van der Waals surface area contributed by atoms with E-state index in [4.69, 9.17) is 11.0 Å². The first-order chi connectivity index (χ1) is 7.17. The molecule has 0 aliphatic carbocycles. The minimum atomic E-state index is -0.280. The molecule has 1 aromatic rings. The Kier molecular flexibility index (Phi) is 3.77. The molecule has 1 heterocycles. The highest BCUT2D eigenvalue weighted by Crippen LogP contribution is 1.98. The van der Waals surface area contributed by atoms with Crippen LogP contribution in [0.4, 0.5) is 0 Å². The van der Waals surface area contributed by atoms with E-state index in [1.807, 2.05) is 13.0 Å². The number of nitrogens with zero attached hydrogens (tertiary/aromatic N) is 2. The average molecular weight is 204 g/mol. The van der Waals surface area contributed by atoms with Crippen molar-refractivity contribution < 1.29 is 4.79 Å². The third kappa shape index (κ3) is 3.04. The molecule has 1 rings (SSSR count). The maximum atomic E-state index is 11.5. The number of amides is 1. The van der Waals surface area contributed by atoms with Gasteiger partial charge in [-0.05, 0) is 19.1 Å². The number of hydrogen-bond donors (Lipinski definition) is 2. The summed E-state index contributed by atoms with van der Waals surface area (Å²) in [5.74, 6) is -0.280. The van der Waals surface area contributed by atoms with Crippen molar-refractivity contribution in [2.24, 2.45) is 5.73 Å². The molecule has 0 saturated heterocycles. The van der Waals surface area contributed by atoms with Crippen molar-refractivity contribution in [2.45, 2.75) is 13.0 Å². The minimum Gasteiger partial charge on any atom is -0.347 e. The second-order valence-corrected chi connectivity index (χ2v) is 3.15. The van der Waals surface area contributed by atoms with Crippen LogP contribution in [0.2, 0.25) is 0 Å². The van der Waals surface area contributed by atoms with E-state index >= 15 is 0 Å². The van der Waals surface area contributed by atoms with Crippen molar-refractivity contribution in [3.8, 4) is 6.07 Å². The maximum absolute atomic E-state index is 11.5. The summed E-state index contributed by atoms with van der Waals surface area (Å²) in [5, 5.41) is 11.2. The lowest BCUT2D eigenvalue weighted by molar-refractivity contribution is 0.0936.